The quantitative estimate of drug-likeness (QED) is 0.551. The normalized spacial score (nSPS) is 12.2. The first kappa shape index (κ1) is 15.8. The Balaban J connectivity index is 0.000000366. The molecule has 0 heterocycles. The highest BCUT2D eigenvalue weighted by Crippen LogP contribution is 2.08. The van der Waals surface area contributed by atoms with Crippen molar-refractivity contribution in [2.45, 2.75) is 17.9 Å². The lowest BCUT2D eigenvalue weighted by molar-refractivity contribution is 0.131. The second-order valence-corrected chi connectivity index (χ2v) is 4.70. The van der Waals surface area contributed by atoms with Crippen molar-refractivity contribution >= 4 is 10.1 Å². The van der Waals surface area contributed by atoms with Gasteiger partial charge < -0.3 is 10.2 Å². The minimum Gasteiger partial charge on any atom is -0.393 e. The highest BCUT2D eigenvalue weighted by molar-refractivity contribution is 7.85. The number of aliphatic hydroxyl groups is 2. The minimum atomic E-state index is -4.02. The van der Waals surface area contributed by atoms with Crippen LogP contribution in [0, 0.1) is 6.92 Å². The molecule has 0 saturated heterocycles. The molecule has 6 heteroatoms. The van der Waals surface area contributed by atoms with Crippen molar-refractivity contribution in [1.82, 2.24) is 0 Å². The monoisotopic (exact) mass is 260 g/mol. The third-order valence-electron chi connectivity index (χ3n) is 1.78. The molecule has 0 aromatic heterocycles. The van der Waals surface area contributed by atoms with Crippen LogP contribution < -0.4 is 0 Å². The zero-order valence-corrected chi connectivity index (χ0v) is 10.3. The summed E-state index contributed by atoms with van der Waals surface area (Å²) in [5.74, 6) is 0. The van der Waals surface area contributed by atoms with Gasteiger partial charge in [-0.25, -0.2) is 0 Å². The molecule has 0 saturated carbocycles. The lowest BCUT2D eigenvalue weighted by Crippen LogP contribution is -2.05. The number of aliphatic hydroxyl groups excluding tert-OH is 2. The molecule has 1 rings (SSSR count). The van der Waals surface area contributed by atoms with E-state index in [9.17, 15) is 8.42 Å². The molecule has 96 valence electrons. The summed E-state index contributed by atoms with van der Waals surface area (Å²) in [4.78, 5) is -0.0666. The van der Waals surface area contributed by atoms with Gasteiger partial charge in [0.25, 0.3) is 10.1 Å². The van der Waals surface area contributed by atoms with E-state index in [1.165, 1.54) is 18.2 Å². The summed E-state index contributed by atoms with van der Waals surface area (Å²) < 4.78 is 29.6. The maximum Gasteiger partial charge on any atom is 0.294 e. The zero-order chi connectivity index (χ0) is 13.5. The third-order valence-corrected chi connectivity index (χ3v) is 2.65. The van der Waals surface area contributed by atoms with Crippen LogP contribution in [0.15, 0.2) is 41.8 Å². The van der Waals surface area contributed by atoms with Gasteiger partial charge in [-0.2, -0.15) is 8.42 Å². The highest BCUT2D eigenvalue weighted by atomic mass is 32.2. The van der Waals surface area contributed by atoms with Crippen molar-refractivity contribution in [2.24, 2.45) is 0 Å². The van der Waals surface area contributed by atoms with Gasteiger partial charge in [-0.1, -0.05) is 23.8 Å². The molecule has 0 aliphatic carbocycles. The molecule has 0 unspecified atom stereocenters. The fourth-order valence-corrected chi connectivity index (χ4v) is 1.26. The van der Waals surface area contributed by atoms with Crippen molar-refractivity contribution < 1.29 is 23.2 Å². The van der Waals surface area contributed by atoms with Crippen LogP contribution in [0.25, 0.3) is 0 Å². The summed E-state index contributed by atoms with van der Waals surface area (Å²) in [7, 11) is -4.02. The van der Waals surface area contributed by atoms with Crippen LogP contribution in [-0.4, -0.2) is 35.9 Å². The van der Waals surface area contributed by atoms with Crippen molar-refractivity contribution in [3.8, 4) is 0 Å². The smallest absolute Gasteiger partial charge is 0.294 e. The molecule has 3 N–H and O–H groups in total. The molecule has 1 aromatic carbocycles. The number of benzene rings is 1. The molecule has 0 amide bonds. The van der Waals surface area contributed by atoms with Gasteiger partial charge in [0.1, 0.15) is 0 Å². The van der Waals surface area contributed by atoms with E-state index in [2.05, 4.69) is 6.58 Å². The van der Waals surface area contributed by atoms with Gasteiger partial charge in [0, 0.05) is 0 Å². The van der Waals surface area contributed by atoms with Crippen LogP contribution in [0.1, 0.15) is 5.56 Å². The average Bonchev–Trinajstić information content (AvgIpc) is 2.28. The van der Waals surface area contributed by atoms with Gasteiger partial charge in [0.15, 0.2) is 0 Å². The Labute approximate surface area is 101 Å². The first-order valence-corrected chi connectivity index (χ1v) is 6.21. The molecule has 0 aliphatic heterocycles. The van der Waals surface area contributed by atoms with E-state index in [4.69, 9.17) is 14.8 Å². The Morgan fingerprint density at radius 2 is 1.82 bits per heavy atom. The van der Waals surface area contributed by atoms with E-state index in [1.807, 2.05) is 6.92 Å². The highest BCUT2D eigenvalue weighted by Gasteiger charge is 2.06. The van der Waals surface area contributed by atoms with E-state index in [1.54, 1.807) is 12.1 Å². The first-order valence-electron chi connectivity index (χ1n) is 4.77. The number of hydrogen-bond donors (Lipinski definition) is 3. The fourth-order valence-electron chi connectivity index (χ4n) is 0.785. The predicted octanol–water partition coefficient (Wildman–Crippen LogP) is 0.767. The first-order chi connectivity index (χ1) is 7.81. The van der Waals surface area contributed by atoms with Gasteiger partial charge in [0.2, 0.25) is 0 Å². The van der Waals surface area contributed by atoms with E-state index >= 15 is 0 Å². The van der Waals surface area contributed by atoms with Gasteiger partial charge in [0.05, 0.1) is 17.6 Å². The van der Waals surface area contributed by atoms with Crippen LogP contribution in [0.4, 0.5) is 0 Å². The predicted molar refractivity (Wildman–Crippen MR) is 64.3 cm³/mol. The van der Waals surface area contributed by atoms with Crippen LogP contribution in [-0.2, 0) is 10.1 Å². The summed E-state index contributed by atoms with van der Waals surface area (Å²) in [6.45, 7) is 4.83. The van der Waals surface area contributed by atoms with Crippen molar-refractivity contribution in [3.05, 3.63) is 42.5 Å². The number of aryl methyl sites for hydroxylation is 1. The molecule has 0 radical (unpaired) electrons. The molecule has 0 bridgehead atoms. The molecule has 0 spiro atoms. The Morgan fingerprint density at radius 1 is 1.35 bits per heavy atom. The summed E-state index contributed by atoms with van der Waals surface area (Å²) in [6.07, 6.45) is 0.532. The molecule has 0 aliphatic rings. The molecule has 5 nitrogen and oxygen atoms in total. The van der Waals surface area contributed by atoms with E-state index in [-0.39, 0.29) is 11.5 Å². The zero-order valence-electron chi connectivity index (χ0n) is 9.44. The Kier molecular flexibility index (Phi) is 6.67. The Hall–Kier alpha value is -1.21. The van der Waals surface area contributed by atoms with E-state index in [0.717, 1.165) is 5.56 Å². The average molecular weight is 260 g/mol. The van der Waals surface area contributed by atoms with Crippen LogP contribution in [0.2, 0.25) is 0 Å². The van der Waals surface area contributed by atoms with Crippen molar-refractivity contribution in [3.63, 3.8) is 0 Å². The molecule has 1 atom stereocenters. The van der Waals surface area contributed by atoms with Crippen LogP contribution in [0.5, 0.6) is 0 Å². The van der Waals surface area contributed by atoms with Crippen molar-refractivity contribution in [1.29, 1.82) is 0 Å². The second-order valence-electron chi connectivity index (χ2n) is 3.27. The Morgan fingerprint density at radius 3 is 2.06 bits per heavy atom. The lowest BCUT2D eigenvalue weighted by atomic mass is 10.2. The number of rotatable bonds is 3. The van der Waals surface area contributed by atoms with Gasteiger partial charge in [-0.05, 0) is 19.1 Å². The summed E-state index contributed by atoms with van der Waals surface area (Å²) >= 11 is 0. The summed E-state index contributed by atoms with van der Waals surface area (Å²) in [5.41, 5.74) is 0.956. The largest absolute Gasteiger partial charge is 0.393 e. The Bertz CT molecular complexity index is 435. The van der Waals surface area contributed by atoms with E-state index in [0.29, 0.717) is 0 Å². The van der Waals surface area contributed by atoms with Gasteiger partial charge in [-0.15, -0.1) is 6.58 Å². The maximum absolute atomic E-state index is 10.5. The third kappa shape index (κ3) is 6.85. The molecule has 0 fully saturated rings. The second kappa shape index (κ2) is 7.18. The lowest BCUT2D eigenvalue weighted by Gasteiger charge is -1.95. The molecule has 17 heavy (non-hydrogen) atoms. The standard InChI is InChI=1S/C7H8O3S.C4H8O2/c1-6-2-4-7(5-3-6)11(8,9)10;1-2-4(6)3-5/h2-5H,1H3,(H,8,9,10);2,4-6H,1,3H2/t;4-/m.0/s1. The number of hydrogen-bond acceptors (Lipinski definition) is 4. The fraction of sp³-hybridized carbons (Fsp3) is 0.273. The van der Waals surface area contributed by atoms with E-state index < -0.39 is 16.2 Å². The topological polar surface area (TPSA) is 94.8 Å². The van der Waals surface area contributed by atoms with Crippen molar-refractivity contribution in [2.75, 3.05) is 6.61 Å². The summed E-state index contributed by atoms with van der Waals surface area (Å²) in [6, 6.07) is 5.99. The van der Waals surface area contributed by atoms with Crippen LogP contribution >= 0.6 is 0 Å². The SMILES string of the molecule is C=C[C@H](O)CO.Cc1ccc(S(=O)(=O)O)cc1. The van der Waals surface area contributed by atoms with Gasteiger partial charge in [-0.3, -0.25) is 4.55 Å². The van der Waals surface area contributed by atoms with Crippen LogP contribution in [0.3, 0.4) is 0 Å². The summed E-state index contributed by atoms with van der Waals surface area (Å²) in [5, 5.41) is 16.3. The molecular formula is C11H16O5S. The molecular weight excluding hydrogens is 244 g/mol. The molecule has 1 aromatic rings. The minimum absolute atomic E-state index is 0.0666. The maximum atomic E-state index is 10.5. The van der Waals surface area contributed by atoms with Gasteiger partial charge >= 0.3 is 0 Å².